The van der Waals surface area contributed by atoms with Crippen LogP contribution in [0.2, 0.25) is 8.67 Å². The van der Waals surface area contributed by atoms with Crippen molar-refractivity contribution >= 4 is 61.5 Å². The first kappa shape index (κ1) is 15.1. The average Bonchev–Trinajstić information content (AvgIpc) is 2.92. The Hall–Kier alpha value is -0.790. The van der Waals surface area contributed by atoms with Crippen molar-refractivity contribution in [3.05, 3.63) is 53.0 Å². The fourth-order valence-electron chi connectivity index (χ4n) is 2.32. The minimum atomic E-state index is -0.230. The number of thiophene rings is 1. The summed E-state index contributed by atoms with van der Waals surface area (Å²) in [6, 6.07) is 5.51. The number of benzene rings is 1. The lowest BCUT2D eigenvalue weighted by molar-refractivity contribution is 0.692. The highest BCUT2D eigenvalue weighted by molar-refractivity contribution is 9.10. The Bertz CT molecular complexity index is 870. The number of imidazole rings is 1. The summed E-state index contributed by atoms with van der Waals surface area (Å²) in [5, 5.41) is 3.23. The number of aromatic nitrogens is 2. The maximum Gasteiger partial charge on any atom is 0.323 e. The molecular formula is C13H10BrCl2N3OS. The van der Waals surface area contributed by atoms with Gasteiger partial charge in [0.05, 0.1) is 25.7 Å². The molecule has 0 aliphatic rings. The van der Waals surface area contributed by atoms with E-state index in [0.717, 1.165) is 26.6 Å². The predicted molar refractivity (Wildman–Crippen MR) is 91.9 cm³/mol. The van der Waals surface area contributed by atoms with Crippen LogP contribution >= 0.6 is 50.5 Å². The second-order valence-electron chi connectivity index (χ2n) is 4.50. The summed E-state index contributed by atoms with van der Waals surface area (Å²) in [4.78, 5) is 16.9. The number of rotatable bonds is 3. The summed E-state index contributed by atoms with van der Waals surface area (Å²) in [7, 11) is 1.85. The van der Waals surface area contributed by atoms with E-state index in [2.05, 4.69) is 31.2 Å². The van der Waals surface area contributed by atoms with Crippen LogP contribution in [0.15, 0.2) is 27.5 Å². The molecule has 0 aliphatic carbocycles. The highest BCUT2D eigenvalue weighted by atomic mass is 79.9. The molecule has 2 aromatic heterocycles. The van der Waals surface area contributed by atoms with Crippen LogP contribution in [0.25, 0.3) is 11.0 Å². The molecule has 3 rings (SSSR count). The van der Waals surface area contributed by atoms with Crippen molar-refractivity contribution in [2.75, 3.05) is 7.05 Å². The smallest absolute Gasteiger partial charge is 0.309 e. The molecule has 0 aliphatic heterocycles. The standard InChI is InChI=1S/C13H10BrCl2N3OS/c1-17-11(6-3-10(15)21-12(6)16)5-2-8-9(4-7(5)14)19-13(20)18-8/h2-4,11,17H,1H3,(H2,18,19,20). The van der Waals surface area contributed by atoms with Crippen molar-refractivity contribution in [1.29, 1.82) is 0 Å². The van der Waals surface area contributed by atoms with Crippen molar-refractivity contribution in [2.24, 2.45) is 0 Å². The van der Waals surface area contributed by atoms with Gasteiger partial charge in [0, 0.05) is 10.0 Å². The molecule has 0 saturated heterocycles. The Labute approximate surface area is 142 Å². The Morgan fingerprint density at radius 3 is 2.43 bits per heavy atom. The van der Waals surface area contributed by atoms with Gasteiger partial charge in [-0.2, -0.15) is 0 Å². The van der Waals surface area contributed by atoms with Gasteiger partial charge < -0.3 is 15.3 Å². The van der Waals surface area contributed by atoms with Crippen LogP contribution in [0.3, 0.4) is 0 Å². The van der Waals surface area contributed by atoms with Crippen LogP contribution in [-0.2, 0) is 0 Å². The number of hydrogen-bond acceptors (Lipinski definition) is 3. The van der Waals surface area contributed by atoms with Crippen LogP contribution in [-0.4, -0.2) is 17.0 Å². The number of aromatic amines is 2. The lowest BCUT2D eigenvalue weighted by atomic mass is 10.0. The van der Waals surface area contributed by atoms with E-state index >= 15 is 0 Å². The minimum absolute atomic E-state index is 0.126. The molecular weight excluding hydrogens is 397 g/mol. The first-order valence-electron chi connectivity index (χ1n) is 6.03. The second kappa shape index (κ2) is 5.78. The zero-order valence-electron chi connectivity index (χ0n) is 10.8. The molecule has 3 N–H and O–H groups in total. The van der Waals surface area contributed by atoms with Gasteiger partial charge in [-0.15, -0.1) is 11.3 Å². The molecule has 1 aromatic carbocycles. The first-order chi connectivity index (χ1) is 9.99. The van der Waals surface area contributed by atoms with Gasteiger partial charge in [0.2, 0.25) is 0 Å². The Balaban J connectivity index is 2.18. The van der Waals surface area contributed by atoms with E-state index in [1.165, 1.54) is 11.3 Å². The van der Waals surface area contributed by atoms with Gasteiger partial charge in [-0.3, -0.25) is 0 Å². The number of halogens is 3. The van der Waals surface area contributed by atoms with Gasteiger partial charge in [0.1, 0.15) is 0 Å². The lowest BCUT2D eigenvalue weighted by Crippen LogP contribution is -2.17. The molecule has 110 valence electrons. The van der Waals surface area contributed by atoms with Crippen LogP contribution in [0.5, 0.6) is 0 Å². The number of hydrogen-bond donors (Lipinski definition) is 3. The van der Waals surface area contributed by atoms with E-state index in [1.54, 1.807) is 0 Å². The summed E-state index contributed by atoms with van der Waals surface area (Å²) < 4.78 is 2.17. The van der Waals surface area contributed by atoms with Crippen molar-refractivity contribution in [2.45, 2.75) is 6.04 Å². The molecule has 0 amide bonds. The maximum atomic E-state index is 11.4. The van der Waals surface area contributed by atoms with E-state index in [0.29, 0.717) is 8.67 Å². The van der Waals surface area contributed by atoms with Gasteiger partial charge >= 0.3 is 5.69 Å². The SMILES string of the molecule is CNC(c1cc2[nH]c(=O)[nH]c2cc1Br)c1cc(Cl)sc1Cl. The molecule has 0 saturated carbocycles. The summed E-state index contributed by atoms with van der Waals surface area (Å²) in [5.74, 6) is 0. The summed E-state index contributed by atoms with van der Waals surface area (Å²) in [5.41, 5.74) is 3.14. The highest BCUT2D eigenvalue weighted by Gasteiger charge is 2.21. The van der Waals surface area contributed by atoms with Gasteiger partial charge in [0.15, 0.2) is 0 Å². The van der Waals surface area contributed by atoms with Crippen molar-refractivity contribution in [1.82, 2.24) is 15.3 Å². The van der Waals surface area contributed by atoms with E-state index in [1.807, 2.05) is 25.2 Å². The second-order valence-corrected chi connectivity index (χ2v) is 7.64. The molecule has 0 radical (unpaired) electrons. The first-order valence-corrected chi connectivity index (χ1v) is 8.39. The van der Waals surface area contributed by atoms with Crippen LogP contribution in [0, 0.1) is 0 Å². The van der Waals surface area contributed by atoms with Crippen LogP contribution < -0.4 is 11.0 Å². The zero-order chi connectivity index (χ0) is 15.1. The topological polar surface area (TPSA) is 60.7 Å². The van der Waals surface area contributed by atoms with Gasteiger partial charge in [-0.25, -0.2) is 4.79 Å². The molecule has 1 unspecified atom stereocenters. The number of nitrogens with one attached hydrogen (secondary N) is 3. The predicted octanol–water partition coefficient (Wildman–Crippen LogP) is 4.30. The molecule has 0 spiro atoms. The largest absolute Gasteiger partial charge is 0.323 e. The molecule has 3 aromatic rings. The van der Waals surface area contributed by atoms with Gasteiger partial charge in [0.25, 0.3) is 0 Å². The van der Waals surface area contributed by atoms with Gasteiger partial charge in [-0.1, -0.05) is 39.1 Å². The maximum absolute atomic E-state index is 11.4. The summed E-state index contributed by atoms with van der Waals surface area (Å²) in [6.07, 6.45) is 0. The molecule has 1 atom stereocenters. The average molecular weight is 407 g/mol. The van der Waals surface area contributed by atoms with Crippen LogP contribution in [0.4, 0.5) is 0 Å². The fourth-order valence-corrected chi connectivity index (χ4v) is 4.43. The molecule has 0 fully saturated rings. The van der Waals surface area contributed by atoms with E-state index in [4.69, 9.17) is 23.2 Å². The summed E-state index contributed by atoms with van der Waals surface area (Å²) >= 11 is 17.2. The number of fused-ring (bicyclic) bond motifs is 1. The zero-order valence-corrected chi connectivity index (χ0v) is 14.7. The molecule has 0 bridgehead atoms. The van der Waals surface area contributed by atoms with E-state index in [-0.39, 0.29) is 11.7 Å². The molecule has 4 nitrogen and oxygen atoms in total. The Morgan fingerprint density at radius 1 is 1.19 bits per heavy atom. The van der Waals surface area contributed by atoms with E-state index < -0.39 is 0 Å². The lowest BCUT2D eigenvalue weighted by Gasteiger charge is -2.18. The minimum Gasteiger partial charge on any atom is -0.309 e. The molecule has 2 heterocycles. The van der Waals surface area contributed by atoms with E-state index in [9.17, 15) is 4.79 Å². The molecule has 8 heteroatoms. The van der Waals surface area contributed by atoms with Crippen LogP contribution in [0.1, 0.15) is 17.2 Å². The number of H-pyrrole nitrogens is 2. The third-order valence-electron chi connectivity index (χ3n) is 3.23. The van der Waals surface area contributed by atoms with Crippen molar-refractivity contribution in [3.8, 4) is 0 Å². The third kappa shape index (κ3) is 2.78. The Morgan fingerprint density at radius 2 is 1.86 bits per heavy atom. The van der Waals surface area contributed by atoms with Crippen molar-refractivity contribution < 1.29 is 0 Å². The quantitative estimate of drug-likeness (QED) is 0.607. The fraction of sp³-hybridized carbons (Fsp3) is 0.154. The highest BCUT2D eigenvalue weighted by Crippen LogP contribution is 2.39. The normalized spacial score (nSPS) is 13.0. The third-order valence-corrected chi connectivity index (χ3v) is 5.43. The molecule has 21 heavy (non-hydrogen) atoms. The Kier molecular flexibility index (Phi) is 4.16. The van der Waals surface area contributed by atoms with Crippen molar-refractivity contribution in [3.63, 3.8) is 0 Å². The summed E-state index contributed by atoms with van der Waals surface area (Å²) in [6.45, 7) is 0. The monoisotopic (exact) mass is 405 g/mol. The van der Waals surface area contributed by atoms with Gasteiger partial charge in [-0.05, 0) is 30.8 Å².